The average Bonchev–Trinajstić information content (AvgIpc) is 3.32. The second-order valence-corrected chi connectivity index (χ2v) is 15.9. The molecule has 4 rings (SSSR count). The Morgan fingerprint density at radius 2 is 1.47 bits per heavy atom. The SMILES string of the molecule is CC(C)n1nc(-c2ccc(N)cc2F)c2c(N(C(=O)OC(C)(C)C)C(=O)OC(C)(C)C)ncc(C3CCC(NC(=O)OC(C)(C)C)CC3)c21. The summed E-state index contributed by atoms with van der Waals surface area (Å²) in [4.78, 5) is 45.6. The van der Waals surface area contributed by atoms with Gasteiger partial charge in [0.2, 0.25) is 0 Å². The number of nitrogens with one attached hydrogen (secondary N) is 1. The normalized spacial score (nSPS) is 17.2. The van der Waals surface area contributed by atoms with E-state index in [1.807, 2.05) is 34.6 Å². The second kappa shape index (κ2) is 13.8. The van der Waals surface area contributed by atoms with Crippen LogP contribution in [-0.2, 0) is 14.2 Å². The lowest BCUT2D eigenvalue weighted by molar-refractivity contribution is 0.0425. The highest BCUT2D eigenvalue weighted by molar-refractivity contribution is 6.16. The molecule has 1 aliphatic carbocycles. The van der Waals surface area contributed by atoms with E-state index in [9.17, 15) is 14.4 Å². The van der Waals surface area contributed by atoms with E-state index >= 15 is 4.39 Å². The molecule has 13 heteroatoms. The van der Waals surface area contributed by atoms with Crippen molar-refractivity contribution in [1.82, 2.24) is 20.1 Å². The third-order valence-electron chi connectivity index (χ3n) is 7.72. The molecule has 49 heavy (non-hydrogen) atoms. The van der Waals surface area contributed by atoms with E-state index in [2.05, 4.69) is 5.32 Å². The van der Waals surface area contributed by atoms with Crippen molar-refractivity contribution >= 4 is 40.7 Å². The molecular weight excluding hydrogens is 631 g/mol. The Kier molecular flexibility index (Phi) is 10.6. The number of imide groups is 1. The Morgan fingerprint density at radius 3 is 1.96 bits per heavy atom. The largest absolute Gasteiger partial charge is 0.444 e. The van der Waals surface area contributed by atoms with E-state index in [4.69, 9.17) is 30.0 Å². The molecule has 0 bridgehead atoms. The number of alkyl carbamates (subject to hydrolysis) is 1. The number of nitrogen functional groups attached to an aromatic ring is 1. The monoisotopic (exact) mass is 682 g/mol. The molecule has 3 N–H and O–H groups in total. The smallest absolute Gasteiger partial charge is 0.425 e. The predicted octanol–water partition coefficient (Wildman–Crippen LogP) is 8.63. The molecule has 0 spiro atoms. The molecular formula is C36H51FN6O6. The molecule has 0 radical (unpaired) electrons. The van der Waals surface area contributed by atoms with Crippen molar-refractivity contribution in [3.8, 4) is 11.3 Å². The molecule has 3 amide bonds. The summed E-state index contributed by atoms with van der Waals surface area (Å²) in [6.45, 7) is 19.5. The van der Waals surface area contributed by atoms with E-state index in [1.165, 1.54) is 12.1 Å². The van der Waals surface area contributed by atoms with E-state index in [-0.39, 0.29) is 40.8 Å². The molecule has 268 valence electrons. The number of hydrogen-bond donors (Lipinski definition) is 2. The molecule has 1 aliphatic rings. The van der Waals surface area contributed by atoms with Crippen LogP contribution < -0.4 is 16.0 Å². The summed E-state index contributed by atoms with van der Waals surface area (Å²) in [6.07, 6.45) is 1.96. The molecule has 0 unspecified atom stereocenters. The van der Waals surface area contributed by atoms with Crippen LogP contribution in [0.2, 0.25) is 0 Å². The summed E-state index contributed by atoms with van der Waals surface area (Å²) >= 11 is 0. The number of rotatable bonds is 5. The van der Waals surface area contributed by atoms with Crippen molar-refractivity contribution < 1.29 is 33.0 Å². The van der Waals surface area contributed by atoms with Gasteiger partial charge in [0, 0.05) is 29.5 Å². The van der Waals surface area contributed by atoms with E-state index < -0.39 is 40.9 Å². The van der Waals surface area contributed by atoms with Crippen LogP contribution >= 0.6 is 0 Å². The number of carbonyl (C=O) groups excluding carboxylic acids is 3. The summed E-state index contributed by atoms with van der Waals surface area (Å²) in [5.74, 6) is -0.738. The zero-order chi connectivity index (χ0) is 36.6. The van der Waals surface area contributed by atoms with Gasteiger partial charge in [0.1, 0.15) is 28.3 Å². The number of fused-ring (bicyclic) bond motifs is 1. The third kappa shape index (κ3) is 9.18. The quantitative estimate of drug-likeness (QED) is 0.199. The minimum Gasteiger partial charge on any atom is -0.444 e. The summed E-state index contributed by atoms with van der Waals surface area (Å²) in [5, 5.41) is 8.17. The van der Waals surface area contributed by atoms with Gasteiger partial charge in [-0.15, -0.1) is 0 Å². The summed E-state index contributed by atoms with van der Waals surface area (Å²) < 4.78 is 34.3. The van der Waals surface area contributed by atoms with Crippen molar-refractivity contribution in [2.45, 2.75) is 137 Å². The van der Waals surface area contributed by atoms with Crippen molar-refractivity contribution in [3.05, 3.63) is 35.8 Å². The Labute approximate surface area is 287 Å². The average molecular weight is 683 g/mol. The number of amides is 3. The van der Waals surface area contributed by atoms with Crippen molar-refractivity contribution in [2.75, 3.05) is 10.6 Å². The number of aromatic nitrogens is 3. The van der Waals surface area contributed by atoms with Crippen LogP contribution in [-0.4, -0.2) is 55.9 Å². The molecule has 12 nitrogen and oxygen atoms in total. The molecule has 1 saturated carbocycles. The molecule has 0 atom stereocenters. The van der Waals surface area contributed by atoms with Crippen LogP contribution in [0.15, 0.2) is 24.4 Å². The zero-order valence-corrected chi connectivity index (χ0v) is 30.6. The number of pyridine rings is 1. The minimum atomic E-state index is -1.00. The fourth-order valence-corrected chi connectivity index (χ4v) is 5.82. The molecule has 0 aliphatic heterocycles. The van der Waals surface area contributed by atoms with Crippen LogP contribution in [0.1, 0.15) is 119 Å². The molecule has 0 saturated heterocycles. The highest BCUT2D eigenvalue weighted by Crippen LogP contribution is 2.44. The Bertz CT molecular complexity index is 1680. The fourth-order valence-electron chi connectivity index (χ4n) is 5.82. The van der Waals surface area contributed by atoms with Gasteiger partial charge in [0.15, 0.2) is 5.82 Å². The Balaban J connectivity index is 1.92. The number of nitrogens with zero attached hydrogens (tertiary/aromatic N) is 4. The Hall–Kier alpha value is -4.42. The molecule has 2 aromatic heterocycles. The number of nitrogens with two attached hydrogens (primary N) is 1. The maximum absolute atomic E-state index is 15.7. The van der Waals surface area contributed by atoms with Crippen LogP contribution in [0.25, 0.3) is 22.2 Å². The minimum absolute atomic E-state index is 0.0180. The van der Waals surface area contributed by atoms with Crippen LogP contribution in [0, 0.1) is 5.82 Å². The van der Waals surface area contributed by atoms with Crippen molar-refractivity contribution in [3.63, 3.8) is 0 Å². The zero-order valence-electron chi connectivity index (χ0n) is 30.6. The van der Waals surface area contributed by atoms with E-state index in [0.717, 1.165) is 10.5 Å². The second-order valence-electron chi connectivity index (χ2n) is 15.9. The van der Waals surface area contributed by atoms with Gasteiger partial charge < -0.3 is 25.3 Å². The first-order chi connectivity index (χ1) is 22.5. The first-order valence-electron chi connectivity index (χ1n) is 16.8. The topological polar surface area (TPSA) is 151 Å². The van der Waals surface area contributed by atoms with Crippen molar-refractivity contribution in [2.24, 2.45) is 0 Å². The van der Waals surface area contributed by atoms with Gasteiger partial charge in [-0.05, 0) is 132 Å². The van der Waals surface area contributed by atoms with Gasteiger partial charge >= 0.3 is 18.3 Å². The molecule has 1 fully saturated rings. The lowest BCUT2D eigenvalue weighted by Crippen LogP contribution is -2.44. The molecule has 1 aromatic carbocycles. The number of hydrogen-bond acceptors (Lipinski definition) is 9. The maximum atomic E-state index is 15.7. The Morgan fingerprint density at radius 1 is 0.918 bits per heavy atom. The van der Waals surface area contributed by atoms with Gasteiger partial charge in [-0.3, -0.25) is 4.68 Å². The van der Waals surface area contributed by atoms with Gasteiger partial charge in [-0.1, -0.05) is 0 Å². The first-order valence-corrected chi connectivity index (χ1v) is 16.8. The van der Waals surface area contributed by atoms with Gasteiger partial charge in [-0.2, -0.15) is 10.00 Å². The van der Waals surface area contributed by atoms with Crippen molar-refractivity contribution in [1.29, 1.82) is 0 Å². The van der Waals surface area contributed by atoms with Crippen LogP contribution in [0.5, 0.6) is 0 Å². The van der Waals surface area contributed by atoms with Crippen LogP contribution in [0.3, 0.4) is 0 Å². The number of carbonyl (C=O) groups is 3. The predicted molar refractivity (Wildman–Crippen MR) is 187 cm³/mol. The molecule has 3 aromatic rings. The standard InChI is InChI=1S/C36H51FN6O6/c1-20(2)43-29-25(21-12-15-23(16-13-21)40-31(44)47-34(3,4)5)19-39-30(27(29)28(41-43)24-17-14-22(38)18-26(24)37)42(32(45)48-35(6,7)8)33(46)49-36(9,10)11/h14,17-21,23H,12-13,15-16,38H2,1-11H3,(H,40,44). The summed E-state index contributed by atoms with van der Waals surface area (Å²) in [7, 11) is 0. The number of anilines is 2. The van der Waals surface area contributed by atoms with Gasteiger partial charge in [-0.25, -0.2) is 23.8 Å². The molecule has 2 heterocycles. The third-order valence-corrected chi connectivity index (χ3v) is 7.72. The summed E-state index contributed by atoms with van der Waals surface area (Å²) in [5.41, 5.74) is 5.33. The lowest BCUT2D eigenvalue weighted by Gasteiger charge is -2.31. The maximum Gasteiger partial charge on any atom is 0.425 e. The summed E-state index contributed by atoms with van der Waals surface area (Å²) in [6, 6.07) is 4.01. The number of benzene rings is 1. The number of ether oxygens (including phenoxy) is 3. The van der Waals surface area contributed by atoms with Gasteiger partial charge in [0.25, 0.3) is 0 Å². The first kappa shape index (κ1) is 37.4. The van der Waals surface area contributed by atoms with Gasteiger partial charge in [0.05, 0.1) is 10.9 Å². The highest BCUT2D eigenvalue weighted by Gasteiger charge is 2.38. The lowest BCUT2D eigenvalue weighted by atomic mass is 9.81. The van der Waals surface area contributed by atoms with Crippen LogP contribution in [0.4, 0.5) is 30.3 Å². The number of halogens is 1. The van der Waals surface area contributed by atoms with E-state index in [0.29, 0.717) is 36.6 Å². The fraction of sp³-hybridized carbons (Fsp3) is 0.583. The highest BCUT2D eigenvalue weighted by atomic mass is 19.1. The van der Waals surface area contributed by atoms with E-state index in [1.54, 1.807) is 58.5 Å².